The van der Waals surface area contributed by atoms with Gasteiger partial charge in [-0.1, -0.05) is 6.07 Å². The maximum atomic E-state index is 11.0. The van der Waals surface area contributed by atoms with Crippen molar-refractivity contribution in [2.75, 3.05) is 7.11 Å². The number of phenols is 1. The first-order valence-corrected chi connectivity index (χ1v) is 4.59. The highest BCUT2D eigenvalue weighted by molar-refractivity contribution is 5.71. The van der Waals surface area contributed by atoms with Crippen LogP contribution >= 0.6 is 0 Å². The molecule has 0 saturated carbocycles. The van der Waals surface area contributed by atoms with Crippen LogP contribution in [0.4, 0.5) is 0 Å². The van der Waals surface area contributed by atoms with Crippen molar-refractivity contribution in [1.82, 2.24) is 0 Å². The zero-order valence-corrected chi connectivity index (χ0v) is 7.99. The predicted octanol–water partition coefficient (Wildman–Crippen LogP) is 1.59. The summed E-state index contributed by atoms with van der Waals surface area (Å²) < 4.78 is 4.61. The molecule has 0 aromatic heterocycles. The Hall–Kier alpha value is -1.51. The van der Waals surface area contributed by atoms with Gasteiger partial charge in [0.1, 0.15) is 5.75 Å². The molecule has 3 nitrogen and oxygen atoms in total. The molecule has 74 valence electrons. The number of methoxy groups -OCH3 is 1. The van der Waals surface area contributed by atoms with Crippen molar-refractivity contribution in [3.63, 3.8) is 0 Å². The highest BCUT2D eigenvalue weighted by Gasteiger charge is 2.28. The third kappa shape index (κ3) is 1.45. The van der Waals surface area contributed by atoms with Crippen LogP contribution in [-0.4, -0.2) is 18.2 Å². The first-order valence-electron chi connectivity index (χ1n) is 4.59. The number of aromatic hydroxyl groups is 1. The molecule has 14 heavy (non-hydrogen) atoms. The maximum Gasteiger partial charge on any atom is 0.306 e. The zero-order valence-electron chi connectivity index (χ0n) is 7.99. The van der Waals surface area contributed by atoms with Crippen LogP contribution in [0.5, 0.6) is 5.75 Å². The van der Waals surface area contributed by atoms with E-state index in [9.17, 15) is 9.90 Å². The summed E-state index contributed by atoms with van der Waals surface area (Å²) >= 11 is 0. The summed E-state index contributed by atoms with van der Waals surface area (Å²) in [6, 6.07) is 5.28. The smallest absolute Gasteiger partial charge is 0.306 e. The number of esters is 1. The van der Waals surface area contributed by atoms with Crippen molar-refractivity contribution in [2.45, 2.75) is 18.8 Å². The van der Waals surface area contributed by atoms with Crippen molar-refractivity contribution in [3.05, 3.63) is 29.3 Å². The Kier molecular flexibility index (Phi) is 2.15. The van der Waals surface area contributed by atoms with Gasteiger partial charge in [-0.25, -0.2) is 0 Å². The van der Waals surface area contributed by atoms with Crippen LogP contribution in [0.15, 0.2) is 18.2 Å². The molecule has 3 heteroatoms. The molecular weight excluding hydrogens is 180 g/mol. The molecule has 0 amide bonds. The minimum atomic E-state index is -0.172. The van der Waals surface area contributed by atoms with E-state index in [0.717, 1.165) is 17.5 Å². The summed E-state index contributed by atoms with van der Waals surface area (Å²) in [5.41, 5.74) is 2.30. The van der Waals surface area contributed by atoms with Crippen LogP contribution in [0.3, 0.4) is 0 Å². The number of carbonyl (C=O) groups excluding carboxylic acids is 1. The highest BCUT2D eigenvalue weighted by Crippen LogP contribution is 2.39. The largest absolute Gasteiger partial charge is 0.508 e. The summed E-state index contributed by atoms with van der Waals surface area (Å²) in [4.78, 5) is 11.0. The van der Waals surface area contributed by atoms with Gasteiger partial charge in [0.15, 0.2) is 0 Å². The lowest BCUT2D eigenvalue weighted by atomic mass is 9.76. The monoisotopic (exact) mass is 192 g/mol. The van der Waals surface area contributed by atoms with Gasteiger partial charge in [-0.2, -0.15) is 0 Å². The molecule has 0 unspecified atom stereocenters. The molecule has 1 aromatic carbocycles. The molecule has 1 aliphatic carbocycles. The number of hydrogen-bond donors (Lipinski definition) is 1. The standard InChI is InChI=1S/C11H12O3/c1-14-11(13)6-8-4-7-5-9(12)2-3-10(7)8/h2-3,5,8,12H,4,6H2,1H3/t8-/m1/s1. The van der Waals surface area contributed by atoms with E-state index in [1.807, 2.05) is 6.07 Å². The average molecular weight is 192 g/mol. The van der Waals surface area contributed by atoms with E-state index in [0.29, 0.717) is 12.2 Å². The first-order chi connectivity index (χ1) is 6.70. The average Bonchev–Trinajstić information content (AvgIpc) is 2.14. The SMILES string of the molecule is COC(=O)C[C@H]1Cc2cc(O)ccc21. The van der Waals surface area contributed by atoms with E-state index in [1.54, 1.807) is 12.1 Å². The Balaban J connectivity index is 2.09. The maximum absolute atomic E-state index is 11.0. The summed E-state index contributed by atoms with van der Waals surface area (Å²) in [5.74, 6) is 0.395. The molecule has 0 heterocycles. The van der Waals surface area contributed by atoms with Crippen LogP contribution in [0.25, 0.3) is 0 Å². The zero-order chi connectivity index (χ0) is 10.1. The fourth-order valence-electron chi connectivity index (χ4n) is 1.88. The Labute approximate surface area is 82.3 Å². The van der Waals surface area contributed by atoms with Crippen molar-refractivity contribution in [1.29, 1.82) is 0 Å². The van der Waals surface area contributed by atoms with Crippen molar-refractivity contribution in [3.8, 4) is 5.75 Å². The molecule has 1 aliphatic rings. The van der Waals surface area contributed by atoms with Gasteiger partial charge in [-0.15, -0.1) is 0 Å². The van der Waals surface area contributed by atoms with Crippen LogP contribution in [0, 0.1) is 0 Å². The second-order valence-electron chi connectivity index (χ2n) is 3.56. The fourth-order valence-corrected chi connectivity index (χ4v) is 1.88. The third-order valence-electron chi connectivity index (χ3n) is 2.67. The summed E-state index contributed by atoms with van der Waals surface area (Å²) in [6.45, 7) is 0. The fraction of sp³-hybridized carbons (Fsp3) is 0.364. The van der Waals surface area contributed by atoms with Crippen molar-refractivity contribution < 1.29 is 14.6 Å². The number of carbonyl (C=O) groups is 1. The van der Waals surface area contributed by atoms with Gasteiger partial charge < -0.3 is 9.84 Å². The molecular formula is C11H12O3. The number of hydrogen-bond acceptors (Lipinski definition) is 3. The summed E-state index contributed by atoms with van der Waals surface area (Å²) in [7, 11) is 1.40. The molecule has 2 rings (SSSR count). The molecule has 0 bridgehead atoms. The Morgan fingerprint density at radius 1 is 1.64 bits per heavy atom. The van der Waals surface area contributed by atoms with Gasteiger partial charge >= 0.3 is 5.97 Å². The lowest BCUT2D eigenvalue weighted by molar-refractivity contribution is -0.141. The molecule has 1 N–H and O–H groups in total. The van der Waals surface area contributed by atoms with Crippen LogP contribution in [0.2, 0.25) is 0 Å². The van der Waals surface area contributed by atoms with Gasteiger partial charge in [0.2, 0.25) is 0 Å². The summed E-state index contributed by atoms with van der Waals surface area (Å²) in [6.07, 6.45) is 1.30. The Morgan fingerprint density at radius 3 is 3.07 bits per heavy atom. The molecule has 1 atom stereocenters. The van der Waals surface area contributed by atoms with Gasteiger partial charge in [-0.3, -0.25) is 4.79 Å². The highest BCUT2D eigenvalue weighted by atomic mass is 16.5. The van der Waals surface area contributed by atoms with E-state index in [-0.39, 0.29) is 11.9 Å². The van der Waals surface area contributed by atoms with Crippen molar-refractivity contribution >= 4 is 5.97 Å². The second kappa shape index (κ2) is 3.33. The van der Waals surface area contributed by atoms with Gasteiger partial charge in [0, 0.05) is 0 Å². The topological polar surface area (TPSA) is 46.5 Å². The van der Waals surface area contributed by atoms with E-state index >= 15 is 0 Å². The number of rotatable bonds is 2. The molecule has 0 aliphatic heterocycles. The lowest BCUT2D eigenvalue weighted by Gasteiger charge is -2.29. The summed E-state index contributed by atoms with van der Waals surface area (Å²) in [5, 5.41) is 9.19. The van der Waals surface area contributed by atoms with Crippen molar-refractivity contribution in [2.24, 2.45) is 0 Å². The minimum absolute atomic E-state index is 0.172. The van der Waals surface area contributed by atoms with Gasteiger partial charge in [0.25, 0.3) is 0 Å². The van der Waals surface area contributed by atoms with Gasteiger partial charge in [-0.05, 0) is 35.6 Å². The van der Waals surface area contributed by atoms with E-state index in [1.165, 1.54) is 7.11 Å². The first kappa shape index (κ1) is 9.06. The van der Waals surface area contributed by atoms with E-state index in [2.05, 4.69) is 4.74 Å². The molecule has 0 fully saturated rings. The van der Waals surface area contributed by atoms with Crippen LogP contribution in [0.1, 0.15) is 23.5 Å². The number of fused-ring (bicyclic) bond motifs is 1. The normalized spacial score (nSPS) is 18.2. The van der Waals surface area contributed by atoms with E-state index < -0.39 is 0 Å². The molecule has 0 saturated heterocycles. The van der Waals surface area contributed by atoms with Crippen LogP contribution in [-0.2, 0) is 16.0 Å². The minimum Gasteiger partial charge on any atom is -0.508 e. The van der Waals surface area contributed by atoms with Crippen LogP contribution < -0.4 is 0 Å². The second-order valence-corrected chi connectivity index (χ2v) is 3.56. The lowest BCUT2D eigenvalue weighted by Crippen LogP contribution is -2.20. The predicted molar refractivity (Wildman–Crippen MR) is 51.2 cm³/mol. The third-order valence-corrected chi connectivity index (χ3v) is 2.67. The quantitative estimate of drug-likeness (QED) is 0.724. The van der Waals surface area contributed by atoms with E-state index in [4.69, 9.17) is 0 Å². The molecule has 1 aromatic rings. The number of phenolic OH excluding ortho intramolecular Hbond substituents is 1. The Morgan fingerprint density at radius 2 is 2.43 bits per heavy atom. The number of ether oxygens (including phenoxy) is 1. The van der Waals surface area contributed by atoms with Gasteiger partial charge in [0.05, 0.1) is 13.5 Å². The molecule has 0 radical (unpaired) electrons. The Bertz CT molecular complexity index is 371. The molecule has 0 spiro atoms. The number of benzene rings is 1.